The molecule has 140 valence electrons. The molecule has 0 aliphatic rings. The minimum Gasteiger partial charge on any atom is -0.465 e. The van der Waals surface area contributed by atoms with Crippen LogP contribution in [0.4, 0.5) is 0 Å². The van der Waals surface area contributed by atoms with Crippen LogP contribution in [0.3, 0.4) is 0 Å². The summed E-state index contributed by atoms with van der Waals surface area (Å²) in [7, 11) is 2.47. The molecule has 0 spiro atoms. The molecule has 2 aromatic carbocycles. The lowest BCUT2D eigenvalue weighted by molar-refractivity contribution is 0.0549. The van der Waals surface area contributed by atoms with Gasteiger partial charge < -0.3 is 9.47 Å². The van der Waals surface area contributed by atoms with Gasteiger partial charge in [0, 0.05) is 5.56 Å². The highest BCUT2D eigenvalue weighted by molar-refractivity contribution is 6.06. The fourth-order valence-electron chi connectivity index (χ4n) is 2.88. The van der Waals surface area contributed by atoms with Crippen LogP contribution in [0.1, 0.15) is 26.4 Å². The van der Waals surface area contributed by atoms with Crippen LogP contribution in [0.2, 0.25) is 0 Å². The Kier molecular flexibility index (Phi) is 5.51. The van der Waals surface area contributed by atoms with Crippen LogP contribution in [-0.4, -0.2) is 35.9 Å². The van der Waals surface area contributed by atoms with Gasteiger partial charge in [-0.25, -0.2) is 14.3 Å². The number of carbonyl (C=O) groups is 2. The van der Waals surface area contributed by atoms with E-state index in [1.54, 1.807) is 48.5 Å². The zero-order chi connectivity index (χ0) is 20.1. The van der Waals surface area contributed by atoms with Gasteiger partial charge >= 0.3 is 11.9 Å². The number of aromatic nitrogens is 2. The Morgan fingerprint density at radius 1 is 1.04 bits per heavy atom. The van der Waals surface area contributed by atoms with Gasteiger partial charge in [0.15, 0.2) is 5.69 Å². The number of esters is 2. The summed E-state index contributed by atoms with van der Waals surface area (Å²) in [6.07, 6.45) is 0.213. The third kappa shape index (κ3) is 3.48. The summed E-state index contributed by atoms with van der Waals surface area (Å²) in [6.45, 7) is 0. The molecule has 7 heteroatoms. The van der Waals surface area contributed by atoms with Gasteiger partial charge in [-0.1, -0.05) is 36.4 Å². The molecule has 0 unspecified atom stereocenters. The molecule has 0 atom stereocenters. The van der Waals surface area contributed by atoms with Crippen molar-refractivity contribution in [3.05, 3.63) is 71.4 Å². The van der Waals surface area contributed by atoms with Crippen molar-refractivity contribution in [2.24, 2.45) is 0 Å². The quantitative estimate of drug-likeness (QED) is 0.636. The first-order valence-electron chi connectivity index (χ1n) is 8.42. The van der Waals surface area contributed by atoms with Gasteiger partial charge in [0.1, 0.15) is 11.3 Å². The average Bonchev–Trinajstić information content (AvgIpc) is 3.14. The van der Waals surface area contributed by atoms with Crippen LogP contribution >= 0.6 is 0 Å². The van der Waals surface area contributed by atoms with Gasteiger partial charge in [0.25, 0.3) is 0 Å². The molecular formula is C21H17N3O4. The molecule has 28 heavy (non-hydrogen) atoms. The van der Waals surface area contributed by atoms with E-state index in [1.807, 2.05) is 6.07 Å². The second kappa shape index (κ2) is 8.18. The number of ether oxygens (including phenoxy) is 2. The molecule has 0 saturated heterocycles. The van der Waals surface area contributed by atoms with Gasteiger partial charge in [0.05, 0.1) is 32.4 Å². The second-order valence-electron chi connectivity index (χ2n) is 5.84. The van der Waals surface area contributed by atoms with E-state index >= 15 is 0 Å². The van der Waals surface area contributed by atoms with E-state index in [2.05, 4.69) is 11.2 Å². The molecule has 0 bridgehead atoms. The second-order valence-corrected chi connectivity index (χ2v) is 5.84. The lowest BCUT2D eigenvalue weighted by Gasteiger charge is -2.07. The van der Waals surface area contributed by atoms with Gasteiger partial charge in [0.2, 0.25) is 0 Å². The Balaban J connectivity index is 2.32. The van der Waals surface area contributed by atoms with Gasteiger partial charge in [-0.05, 0) is 23.8 Å². The van der Waals surface area contributed by atoms with Crippen molar-refractivity contribution in [2.45, 2.75) is 6.42 Å². The Bertz CT molecular complexity index is 1060. The highest BCUT2D eigenvalue weighted by Crippen LogP contribution is 2.29. The van der Waals surface area contributed by atoms with E-state index in [0.717, 1.165) is 5.56 Å². The summed E-state index contributed by atoms with van der Waals surface area (Å²) in [6, 6.07) is 18.1. The van der Waals surface area contributed by atoms with E-state index in [1.165, 1.54) is 18.9 Å². The topological polar surface area (TPSA) is 94.2 Å². The highest BCUT2D eigenvalue weighted by atomic mass is 16.5. The normalized spacial score (nSPS) is 10.2. The van der Waals surface area contributed by atoms with Crippen LogP contribution < -0.4 is 0 Å². The number of nitrogens with zero attached hydrogens (tertiary/aromatic N) is 3. The molecule has 0 N–H and O–H groups in total. The van der Waals surface area contributed by atoms with E-state index < -0.39 is 11.9 Å². The number of para-hydroxylation sites is 1. The number of methoxy groups -OCH3 is 2. The van der Waals surface area contributed by atoms with Crippen LogP contribution in [0.5, 0.6) is 0 Å². The summed E-state index contributed by atoms with van der Waals surface area (Å²) in [4.78, 5) is 25.1. The molecule has 0 saturated carbocycles. The van der Waals surface area contributed by atoms with Crippen LogP contribution in [0, 0.1) is 11.3 Å². The maximum Gasteiger partial charge on any atom is 0.357 e. The predicted octanol–water partition coefficient (Wildman–Crippen LogP) is 3.18. The van der Waals surface area contributed by atoms with E-state index in [9.17, 15) is 9.59 Å². The van der Waals surface area contributed by atoms with Crippen molar-refractivity contribution in [1.29, 1.82) is 5.26 Å². The minimum absolute atomic E-state index is 0.00677. The van der Waals surface area contributed by atoms with Crippen molar-refractivity contribution < 1.29 is 19.1 Å². The third-order valence-electron chi connectivity index (χ3n) is 4.14. The van der Waals surface area contributed by atoms with Crippen molar-refractivity contribution in [2.75, 3.05) is 14.2 Å². The van der Waals surface area contributed by atoms with E-state index in [0.29, 0.717) is 11.3 Å². The lowest BCUT2D eigenvalue weighted by atomic mass is 10.0. The fourth-order valence-corrected chi connectivity index (χ4v) is 2.88. The lowest BCUT2D eigenvalue weighted by Crippen LogP contribution is -2.15. The molecule has 3 aromatic rings. The van der Waals surface area contributed by atoms with Crippen LogP contribution in [0.25, 0.3) is 16.9 Å². The molecule has 0 fully saturated rings. The molecular weight excluding hydrogens is 358 g/mol. The van der Waals surface area contributed by atoms with Gasteiger partial charge in [-0.2, -0.15) is 10.4 Å². The Morgan fingerprint density at radius 2 is 1.75 bits per heavy atom. The first kappa shape index (κ1) is 18.9. The smallest absolute Gasteiger partial charge is 0.357 e. The molecule has 0 aliphatic carbocycles. The minimum atomic E-state index is -0.712. The molecule has 0 radical (unpaired) electrons. The van der Waals surface area contributed by atoms with E-state index in [4.69, 9.17) is 14.7 Å². The molecule has 0 aliphatic heterocycles. The maximum atomic E-state index is 12.6. The summed E-state index contributed by atoms with van der Waals surface area (Å²) < 4.78 is 11.2. The van der Waals surface area contributed by atoms with Gasteiger partial charge in [-0.15, -0.1) is 0 Å². The fraction of sp³-hybridized carbons (Fsp3) is 0.143. The SMILES string of the molecule is COC(=O)c1c(-c2cccc(CC#N)c2)nn(-c2ccccc2)c1C(=O)OC. The third-order valence-corrected chi connectivity index (χ3v) is 4.14. The van der Waals surface area contributed by atoms with Crippen molar-refractivity contribution in [1.82, 2.24) is 9.78 Å². The summed E-state index contributed by atoms with van der Waals surface area (Å²) in [5, 5.41) is 13.5. The Morgan fingerprint density at radius 3 is 2.39 bits per heavy atom. The number of hydrogen-bond acceptors (Lipinski definition) is 6. The first-order chi connectivity index (χ1) is 13.6. The Hall–Kier alpha value is -3.92. The van der Waals surface area contributed by atoms with Crippen LogP contribution in [-0.2, 0) is 15.9 Å². The maximum absolute atomic E-state index is 12.6. The number of rotatable bonds is 5. The van der Waals surface area contributed by atoms with Gasteiger partial charge in [-0.3, -0.25) is 0 Å². The van der Waals surface area contributed by atoms with E-state index in [-0.39, 0.29) is 23.4 Å². The monoisotopic (exact) mass is 375 g/mol. The number of nitriles is 1. The van der Waals surface area contributed by atoms with Crippen molar-refractivity contribution in [3.63, 3.8) is 0 Å². The standard InChI is InChI=1S/C21H17N3O4/c1-27-20(25)17-18(15-8-6-7-14(13-15)11-12-22)23-24(19(17)21(26)28-2)16-9-4-3-5-10-16/h3-10,13H,11H2,1-2H3. The van der Waals surface area contributed by atoms with Crippen molar-refractivity contribution in [3.8, 4) is 23.0 Å². The highest BCUT2D eigenvalue weighted by Gasteiger charge is 2.31. The number of carbonyl (C=O) groups excluding carboxylic acids is 2. The predicted molar refractivity (Wildman–Crippen MR) is 101 cm³/mol. The molecule has 1 aromatic heterocycles. The number of hydrogen-bond donors (Lipinski definition) is 0. The first-order valence-corrected chi connectivity index (χ1v) is 8.42. The molecule has 0 amide bonds. The molecule has 7 nitrogen and oxygen atoms in total. The molecule has 3 rings (SSSR count). The summed E-state index contributed by atoms with van der Waals surface area (Å²) in [5.41, 5.74) is 2.20. The van der Waals surface area contributed by atoms with Crippen molar-refractivity contribution >= 4 is 11.9 Å². The van der Waals surface area contributed by atoms with Crippen LogP contribution in [0.15, 0.2) is 54.6 Å². The molecule has 1 heterocycles. The zero-order valence-electron chi connectivity index (χ0n) is 15.4. The summed E-state index contributed by atoms with van der Waals surface area (Å²) in [5.74, 6) is -1.42. The average molecular weight is 375 g/mol. The Labute approximate surface area is 161 Å². The zero-order valence-corrected chi connectivity index (χ0v) is 15.4. The largest absolute Gasteiger partial charge is 0.465 e. The summed E-state index contributed by atoms with van der Waals surface area (Å²) >= 11 is 0. The number of benzene rings is 2.